The van der Waals surface area contributed by atoms with E-state index in [2.05, 4.69) is 21.1 Å². The monoisotopic (exact) mass is 338 g/mol. The minimum absolute atomic E-state index is 0.238. The highest BCUT2D eigenvalue weighted by Gasteiger charge is 2.18. The van der Waals surface area contributed by atoms with Crippen LogP contribution in [0, 0.1) is 11.3 Å². The van der Waals surface area contributed by atoms with Gasteiger partial charge in [-0.1, -0.05) is 30.3 Å². The quantitative estimate of drug-likeness (QED) is 0.729. The lowest BCUT2D eigenvalue weighted by Crippen LogP contribution is -2.07. The summed E-state index contributed by atoms with van der Waals surface area (Å²) in [4.78, 5) is 8.88. The lowest BCUT2D eigenvalue weighted by molar-refractivity contribution is 0.397. The van der Waals surface area contributed by atoms with E-state index in [1.54, 1.807) is 6.07 Å². The second kappa shape index (κ2) is 6.60. The molecule has 0 unspecified atom stereocenters. The van der Waals surface area contributed by atoms with Gasteiger partial charge < -0.3 is 10.5 Å². The number of nitriles is 1. The van der Waals surface area contributed by atoms with Crippen LogP contribution in [0.5, 0.6) is 5.88 Å². The molecule has 0 bridgehead atoms. The summed E-state index contributed by atoms with van der Waals surface area (Å²) in [6.07, 6.45) is 1.84. The minimum Gasteiger partial charge on any atom is -0.481 e. The molecular weight excluding hydrogens is 324 g/mol. The number of benzene rings is 1. The Kier molecular flexibility index (Phi) is 4.35. The van der Waals surface area contributed by atoms with E-state index in [0.29, 0.717) is 28.1 Å². The van der Waals surface area contributed by atoms with Crippen LogP contribution in [0.15, 0.2) is 41.4 Å². The normalized spacial score (nSPS) is 10.4. The molecule has 0 saturated carbocycles. The topological polar surface area (TPSA) is 103 Å². The first-order valence-electron chi connectivity index (χ1n) is 6.99. The summed E-state index contributed by atoms with van der Waals surface area (Å²) in [6.45, 7) is 0. The van der Waals surface area contributed by atoms with Crippen molar-refractivity contribution >= 4 is 17.6 Å². The Morgan fingerprint density at radius 1 is 1.25 bits per heavy atom. The Morgan fingerprint density at radius 3 is 2.58 bits per heavy atom. The van der Waals surface area contributed by atoms with Crippen molar-refractivity contribution in [3.63, 3.8) is 0 Å². The Hall–Kier alpha value is -3.05. The number of anilines is 1. The fourth-order valence-electron chi connectivity index (χ4n) is 2.18. The van der Waals surface area contributed by atoms with Gasteiger partial charge in [0.2, 0.25) is 5.88 Å². The van der Waals surface area contributed by atoms with E-state index < -0.39 is 0 Å². The van der Waals surface area contributed by atoms with E-state index in [1.165, 1.54) is 23.6 Å². The van der Waals surface area contributed by atoms with Gasteiger partial charge in [-0.3, -0.25) is 0 Å². The molecule has 0 aliphatic carbocycles. The molecule has 0 saturated heterocycles. The second-order valence-electron chi connectivity index (χ2n) is 4.75. The van der Waals surface area contributed by atoms with Crippen LogP contribution < -0.4 is 10.5 Å². The first-order valence-corrected chi connectivity index (χ1v) is 8.22. The number of thioether (sulfide) groups is 1. The highest BCUT2D eigenvalue weighted by Crippen LogP contribution is 2.28. The number of hydrogen-bond acceptors (Lipinski definition) is 7. The fourth-order valence-corrected chi connectivity index (χ4v) is 2.69. The maximum atomic E-state index is 9.27. The van der Waals surface area contributed by atoms with Gasteiger partial charge in [0, 0.05) is 11.6 Å². The summed E-state index contributed by atoms with van der Waals surface area (Å²) in [5.74, 6) is 1.55. The third-order valence-electron chi connectivity index (χ3n) is 3.34. The molecule has 2 heterocycles. The van der Waals surface area contributed by atoms with Gasteiger partial charge in [-0.2, -0.15) is 20.0 Å². The molecule has 0 fully saturated rings. The molecule has 2 N–H and O–H groups in total. The molecule has 0 spiro atoms. The molecule has 0 amide bonds. The van der Waals surface area contributed by atoms with Crippen molar-refractivity contribution in [2.75, 3.05) is 19.1 Å². The summed E-state index contributed by atoms with van der Waals surface area (Å²) in [5.41, 5.74) is 7.24. The van der Waals surface area contributed by atoms with Crippen molar-refractivity contribution in [1.82, 2.24) is 19.7 Å². The molecule has 8 heteroatoms. The number of nitrogen functional groups attached to an aromatic ring is 1. The molecule has 24 heavy (non-hydrogen) atoms. The van der Waals surface area contributed by atoms with E-state index in [4.69, 9.17) is 10.5 Å². The Bertz CT molecular complexity index is 916. The zero-order valence-electron chi connectivity index (χ0n) is 13.1. The average molecular weight is 338 g/mol. The van der Waals surface area contributed by atoms with Crippen molar-refractivity contribution < 1.29 is 4.74 Å². The van der Waals surface area contributed by atoms with Gasteiger partial charge in [0.15, 0.2) is 11.6 Å². The van der Waals surface area contributed by atoms with Crippen LogP contribution in [0.1, 0.15) is 5.56 Å². The second-order valence-corrected chi connectivity index (χ2v) is 5.55. The van der Waals surface area contributed by atoms with E-state index in [-0.39, 0.29) is 5.82 Å². The van der Waals surface area contributed by atoms with Crippen molar-refractivity contribution in [2.24, 2.45) is 0 Å². The van der Waals surface area contributed by atoms with Crippen LogP contribution in [-0.2, 0) is 0 Å². The summed E-state index contributed by atoms with van der Waals surface area (Å²) in [6, 6.07) is 13.2. The summed E-state index contributed by atoms with van der Waals surface area (Å²) >= 11 is 1.35. The van der Waals surface area contributed by atoms with Crippen molar-refractivity contribution in [2.45, 2.75) is 5.03 Å². The van der Waals surface area contributed by atoms with E-state index >= 15 is 0 Å². The van der Waals surface area contributed by atoms with E-state index in [9.17, 15) is 5.26 Å². The van der Waals surface area contributed by atoms with Crippen molar-refractivity contribution in [3.8, 4) is 29.2 Å². The Balaban J connectivity index is 2.19. The van der Waals surface area contributed by atoms with Crippen LogP contribution >= 0.6 is 11.8 Å². The third-order valence-corrected chi connectivity index (χ3v) is 4.01. The largest absolute Gasteiger partial charge is 0.481 e. The third kappa shape index (κ3) is 2.77. The molecular formula is C16H14N6OS. The SMILES string of the molecule is COc1cc(-n2nc(SC)c(C#N)c2N)nc(-c2ccccc2)n1. The van der Waals surface area contributed by atoms with Gasteiger partial charge in [0.05, 0.1) is 7.11 Å². The lowest BCUT2D eigenvalue weighted by atomic mass is 10.2. The molecule has 3 aromatic rings. The average Bonchev–Trinajstić information content (AvgIpc) is 2.97. The minimum atomic E-state index is 0.238. The number of hydrogen-bond donors (Lipinski definition) is 1. The van der Waals surface area contributed by atoms with Crippen molar-refractivity contribution in [1.29, 1.82) is 5.26 Å². The van der Waals surface area contributed by atoms with E-state index in [1.807, 2.05) is 36.6 Å². The molecule has 3 rings (SSSR count). The zero-order valence-corrected chi connectivity index (χ0v) is 13.9. The molecule has 0 aliphatic rings. The first-order chi connectivity index (χ1) is 11.7. The van der Waals surface area contributed by atoms with Crippen LogP contribution in [0.25, 0.3) is 17.2 Å². The van der Waals surface area contributed by atoms with E-state index in [0.717, 1.165) is 5.56 Å². The zero-order chi connectivity index (χ0) is 17.1. The maximum absolute atomic E-state index is 9.27. The number of ether oxygens (including phenoxy) is 1. The number of rotatable bonds is 4. The molecule has 0 atom stereocenters. The van der Waals surface area contributed by atoms with Gasteiger partial charge in [-0.15, -0.1) is 11.8 Å². The predicted octanol–water partition coefficient (Wildman–Crippen LogP) is 2.51. The molecule has 0 aliphatic heterocycles. The molecule has 7 nitrogen and oxygen atoms in total. The van der Waals surface area contributed by atoms with Crippen molar-refractivity contribution in [3.05, 3.63) is 42.0 Å². The number of nitrogens with zero attached hydrogens (tertiary/aromatic N) is 5. The van der Waals surface area contributed by atoms with Gasteiger partial charge in [0.25, 0.3) is 0 Å². The highest BCUT2D eigenvalue weighted by atomic mass is 32.2. The summed E-state index contributed by atoms with van der Waals surface area (Å²) in [7, 11) is 1.53. The predicted molar refractivity (Wildman–Crippen MR) is 92.1 cm³/mol. The number of nitrogens with two attached hydrogens (primary N) is 1. The van der Waals surface area contributed by atoms with Crippen LogP contribution in [0.3, 0.4) is 0 Å². The highest BCUT2D eigenvalue weighted by molar-refractivity contribution is 7.98. The maximum Gasteiger partial charge on any atom is 0.218 e. The smallest absolute Gasteiger partial charge is 0.218 e. The first kappa shape index (κ1) is 15.8. The summed E-state index contributed by atoms with van der Waals surface area (Å²) < 4.78 is 6.70. The van der Waals surface area contributed by atoms with Crippen LogP contribution in [-0.4, -0.2) is 33.1 Å². The molecule has 2 aromatic heterocycles. The molecule has 0 radical (unpaired) electrons. The number of aromatic nitrogens is 4. The van der Waals surface area contributed by atoms with Crippen LogP contribution in [0.2, 0.25) is 0 Å². The summed E-state index contributed by atoms with van der Waals surface area (Å²) in [5, 5.41) is 14.2. The van der Waals surface area contributed by atoms with Gasteiger partial charge in [-0.25, -0.2) is 4.98 Å². The van der Waals surface area contributed by atoms with Crippen LogP contribution in [0.4, 0.5) is 5.82 Å². The number of methoxy groups -OCH3 is 1. The molecule has 1 aromatic carbocycles. The fraction of sp³-hybridized carbons (Fsp3) is 0.125. The molecule has 120 valence electrons. The van der Waals surface area contributed by atoms with Gasteiger partial charge in [0.1, 0.15) is 22.5 Å². The Labute approximate surface area is 143 Å². The standard InChI is InChI=1S/C16H14N6OS/c1-23-13-8-12(19-15(20-13)10-6-4-3-5-7-10)22-14(18)11(9-17)16(21-22)24-2/h3-8H,18H2,1-2H3. The lowest BCUT2D eigenvalue weighted by Gasteiger charge is -2.08. The van der Waals surface area contributed by atoms with Gasteiger partial charge >= 0.3 is 0 Å². The Morgan fingerprint density at radius 2 is 2.00 bits per heavy atom. The van der Waals surface area contributed by atoms with Gasteiger partial charge in [-0.05, 0) is 6.26 Å².